The Hall–Kier alpha value is -3.82. The number of nitro benzene ring substituents is 2. The summed E-state index contributed by atoms with van der Waals surface area (Å²) in [5, 5.41) is 25.6. The molecule has 1 aliphatic heterocycles. The SMILES string of the molecule is O=C(N/N=C\c1cc([N+](=O)[O-])ccc1N1CCCC1)c1ccc([N+](=O)[O-])cc1. The second-order valence-electron chi connectivity index (χ2n) is 6.20. The Morgan fingerprint density at radius 1 is 1.00 bits per heavy atom. The van der Waals surface area contributed by atoms with E-state index < -0.39 is 15.8 Å². The molecule has 1 amide bonds. The van der Waals surface area contributed by atoms with Crippen LogP contribution in [0.5, 0.6) is 0 Å². The van der Waals surface area contributed by atoms with Crippen molar-refractivity contribution in [3.63, 3.8) is 0 Å². The van der Waals surface area contributed by atoms with Gasteiger partial charge in [-0.1, -0.05) is 0 Å². The van der Waals surface area contributed by atoms with Crippen LogP contribution in [0.3, 0.4) is 0 Å². The van der Waals surface area contributed by atoms with E-state index in [1.165, 1.54) is 42.6 Å². The predicted octanol–water partition coefficient (Wildman–Crippen LogP) is 2.87. The first-order chi connectivity index (χ1) is 13.5. The number of nitro groups is 2. The molecule has 28 heavy (non-hydrogen) atoms. The van der Waals surface area contributed by atoms with Crippen molar-refractivity contribution in [1.29, 1.82) is 0 Å². The van der Waals surface area contributed by atoms with Gasteiger partial charge in [0.15, 0.2) is 0 Å². The number of rotatable bonds is 6. The number of hydrogen-bond acceptors (Lipinski definition) is 7. The van der Waals surface area contributed by atoms with Crippen molar-refractivity contribution in [3.05, 3.63) is 73.8 Å². The van der Waals surface area contributed by atoms with Gasteiger partial charge < -0.3 is 4.90 Å². The van der Waals surface area contributed by atoms with Crippen molar-refractivity contribution in [3.8, 4) is 0 Å². The van der Waals surface area contributed by atoms with E-state index in [2.05, 4.69) is 15.4 Å². The Balaban J connectivity index is 1.76. The summed E-state index contributed by atoms with van der Waals surface area (Å²) in [7, 11) is 0. The Kier molecular flexibility index (Phi) is 5.58. The molecule has 0 atom stereocenters. The molecule has 1 heterocycles. The second kappa shape index (κ2) is 8.25. The lowest BCUT2D eigenvalue weighted by Crippen LogP contribution is -2.20. The normalized spacial score (nSPS) is 13.6. The molecule has 10 heteroatoms. The van der Waals surface area contributed by atoms with Crippen LogP contribution in [0.25, 0.3) is 0 Å². The van der Waals surface area contributed by atoms with Gasteiger partial charge in [0.25, 0.3) is 17.3 Å². The smallest absolute Gasteiger partial charge is 0.271 e. The molecule has 0 bridgehead atoms. The molecule has 0 aromatic heterocycles. The van der Waals surface area contributed by atoms with Crippen LogP contribution >= 0.6 is 0 Å². The first-order valence-corrected chi connectivity index (χ1v) is 8.57. The summed E-state index contributed by atoms with van der Waals surface area (Å²) >= 11 is 0. The van der Waals surface area contributed by atoms with Gasteiger partial charge in [0.05, 0.1) is 16.1 Å². The first-order valence-electron chi connectivity index (χ1n) is 8.57. The van der Waals surface area contributed by atoms with Crippen LogP contribution in [-0.4, -0.2) is 35.1 Å². The Morgan fingerprint density at radius 3 is 2.21 bits per heavy atom. The number of anilines is 1. The van der Waals surface area contributed by atoms with Crippen molar-refractivity contribution in [2.45, 2.75) is 12.8 Å². The van der Waals surface area contributed by atoms with Crippen LogP contribution < -0.4 is 10.3 Å². The third-order valence-electron chi connectivity index (χ3n) is 4.38. The molecule has 1 fully saturated rings. The van der Waals surface area contributed by atoms with Crippen molar-refractivity contribution in [1.82, 2.24) is 5.43 Å². The lowest BCUT2D eigenvalue weighted by Gasteiger charge is -2.19. The van der Waals surface area contributed by atoms with Crippen LogP contribution in [-0.2, 0) is 0 Å². The molecular weight excluding hydrogens is 366 g/mol. The van der Waals surface area contributed by atoms with Crippen molar-refractivity contribution < 1.29 is 14.6 Å². The molecule has 0 saturated carbocycles. The molecule has 0 aliphatic carbocycles. The minimum absolute atomic E-state index is 0.0638. The van der Waals surface area contributed by atoms with Gasteiger partial charge in [-0.2, -0.15) is 5.10 Å². The Bertz CT molecular complexity index is 936. The van der Waals surface area contributed by atoms with Gasteiger partial charge in [-0.15, -0.1) is 0 Å². The number of nitrogens with zero attached hydrogens (tertiary/aromatic N) is 4. The largest absolute Gasteiger partial charge is 0.371 e. The molecule has 2 aromatic rings. The Morgan fingerprint density at radius 2 is 1.61 bits per heavy atom. The monoisotopic (exact) mass is 383 g/mol. The number of amides is 1. The highest BCUT2D eigenvalue weighted by Crippen LogP contribution is 2.27. The third kappa shape index (κ3) is 4.29. The highest BCUT2D eigenvalue weighted by atomic mass is 16.6. The highest BCUT2D eigenvalue weighted by Gasteiger charge is 2.18. The maximum atomic E-state index is 12.1. The fourth-order valence-electron chi connectivity index (χ4n) is 2.96. The average Bonchev–Trinajstić information content (AvgIpc) is 3.22. The molecule has 0 spiro atoms. The average molecular weight is 383 g/mol. The summed E-state index contributed by atoms with van der Waals surface area (Å²) in [5.41, 5.74) is 3.71. The molecule has 1 aliphatic rings. The predicted molar refractivity (Wildman–Crippen MR) is 103 cm³/mol. The van der Waals surface area contributed by atoms with Gasteiger partial charge in [0.1, 0.15) is 0 Å². The second-order valence-corrected chi connectivity index (χ2v) is 6.20. The third-order valence-corrected chi connectivity index (χ3v) is 4.38. The molecule has 10 nitrogen and oxygen atoms in total. The van der Waals surface area contributed by atoms with E-state index in [4.69, 9.17) is 0 Å². The molecule has 0 unspecified atom stereocenters. The molecule has 2 aromatic carbocycles. The van der Waals surface area contributed by atoms with E-state index in [1.807, 2.05) is 0 Å². The zero-order valence-corrected chi connectivity index (χ0v) is 14.8. The highest BCUT2D eigenvalue weighted by molar-refractivity contribution is 5.96. The quantitative estimate of drug-likeness (QED) is 0.463. The van der Waals surface area contributed by atoms with E-state index in [0.29, 0.717) is 5.56 Å². The minimum Gasteiger partial charge on any atom is -0.371 e. The number of carbonyl (C=O) groups excluding carboxylic acids is 1. The van der Waals surface area contributed by atoms with E-state index in [-0.39, 0.29) is 16.9 Å². The summed E-state index contributed by atoms with van der Waals surface area (Å²) < 4.78 is 0. The van der Waals surface area contributed by atoms with Crippen LogP contribution in [0.4, 0.5) is 17.1 Å². The van der Waals surface area contributed by atoms with Gasteiger partial charge in [-0.05, 0) is 31.0 Å². The van der Waals surface area contributed by atoms with Crippen LogP contribution in [0.15, 0.2) is 47.6 Å². The van der Waals surface area contributed by atoms with E-state index >= 15 is 0 Å². The lowest BCUT2D eigenvalue weighted by molar-refractivity contribution is -0.385. The van der Waals surface area contributed by atoms with E-state index in [0.717, 1.165) is 31.6 Å². The van der Waals surface area contributed by atoms with E-state index in [1.54, 1.807) is 6.07 Å². The maximum absolute atomic E-state index is 12.1. The number of non-ortho nitro benzene ring substituents is 2. The van der Waals surface area contributed by atoms with Gasteiger partial charge in [-0.25, -0.2) is 5.43 Å². The molecule has 1 saturated heterocycles. The summed E-state index contributed by atoms with van der Waals surface area (Å²) in [6.07, 6.45) is 3.46. The van der Waals surface area contributed by atoms with Crippen molar-refractivity contribution in [2.75, 3.05) is 18.0 Å². The van der Waals surface area contributed by atoms with Crippen molar-refractivity contribution >= 4 is 29.2 Å². The van der Waals surface area contributed by atoms with Gasteiger partial charge in [0, 0.05) is 54.2 Å². The fraction of sp³-hybridized carbons (Fsp3) is 0.222. The molecule has 0 radical (unpaired) electrons. The van der Waals surface area contributed by atoms with Crippen LogP contribution in [0.1, 0.15) is 28.8 Å². The van der Waals surface area contributed by atoms with Crippen LogP contribution in [0.2, 0.25) is 0 Å². The van der Waals surface area contributed by atoms with Crippen molar-refractivity contribution in [2.24, 2.45) is 5.10 Å². The number of benzene rings is 2. The maximum Gasteiger partial charge on any atom is 0.271 e. The summed E-state index contributed by atoms with van der Waals surface area (Å²) in [4.78, 5) is 34.9. The lowest BCUT2D eigenvalue weighted by atomic mass is 10.1. The topological polar surface area (TPSA) is 131 Å². The standard InChI is InChI=1S/C18H17N5O5/c24-18(13-3-5-15(6-4-13)22(25)26)20-19-12-14-11-16(23(27)28)7-8-17(14)21-9-1-2-10-21/h3-8,11-12H,1-2,9-10H2,(H,20,24)/b19-12-. The number of hydrazone groups is 1. The molecular formula is C18H17N5O5. The Labute approximate surface area is 159 Å². The minimum atomic E-state index is -0.554. The zero-order chi connectivity index (χ0) is 20.1. The summed E-state index contributed by atoms with van der Waals surface area (Å²) in [6, 6.07) is 9.64. The number of hydrogen-bond donors (Lipinski definition) is 1. The molecule has 3 rings (SSSR count). The van der Waals surface area contributed by atoms with E-state index in [9.17, 15) is 25.0 Å². The fourth-order valence-corrected chi connectivity index (χ4v) is 2.96. The summed E-state index contributed by atoms with van der Waals surface area (Å²) in [5.74, 6) is -0.542. The van der Waals surface area contributed by atoms with Gasteiger partial charge >= 0.3 is 0 Å². The van der Waals surface area contributed by atoms with Gasteiger partial charge in [0.2, 0.25) is 0 Å². The zero-order valence-electron chi connectivity index (χ0n) is 14.8. The summed E-state index contributed by atoms with van der Waals surface area (Å²) in [6.45, 7) is 1.71. The number of carbonyl (C=O) groups is 1. The first kappa shape index (κ1) is 19.0. The number of nitrogens with one attached hydrogen (secondary N) is 1. The van der Waals surface area contributed by atoms with Gasteiger partial charge in [-0.3, -0.25) is 25.0 Å². The van der Waals surface area contributed by atoms with Crippen LogP contribution in [0, 0.1) is 20.2 Å². The molecule has 1 N–H and O–H groups in total. The molecule has 144 valence electrons.